The van der Waals surface area contributed by atoms with Crippen LogP contribution in [0.4, 0.5) is 10.8 Å². The van der Waals surface area contributed by atoms with Gasteiger partial charge < -0.3 is 11.1 Å². The summed E-state index contributed by atoms with van der Waals surface area (Å²) >= 11 is 4.83. The van der Waals surface area contributed by atoms with E-state index in [1.807, 2.05) is 37.3 Å². The van der Waals surface area contributed by atoms with E-state index in [-0.39, 0.29) is 5.91 Å². The van der Waals surface area contributed by atoms with Crippen molar-refractivity contribution in [3.05, 3.63) is 52.0 Å². The second kappa shape index (κ2) is 5.46. The molecule has 3 N–H and O–H groups in total. The highest BCUT2D eigenvalue weighted by Gasteiger charge is 2.12. The fourth-order valence-electron chi connectivity index (χ4n) is 2.06. The van der Waals surface area contributed by atoms with Gasteiger partial charge in [0.1, 0.15) is 0 Å². The molecule has 0 radical (unpaired) electrons. The molecule has 1 amide bonds. The third-order valence-corrected chi connectivity index (χ3v) is 4.64. The average molecular weight is 362 g/mol. The fraction of sp³-hybridized carbons (Fsp3) is 0.0667. The molecule has 0 unspecified atom stereocenters. The maximum Gasteiger partial charge on any atom is 0.255 e. The third-order valence-electron chi connectivity index (χ3n) is 3.13. The maximum absolute atomic E-state index is 12.4. The van der Waals surface area contributed by atoms with Crippen LogP contribution < -0.4 is 11.1 Å². The maximum atomic E-state index is 12.4. The Labute approximate surface area is 134 Å². The minimum absolute atomic E-state index is 0.154. The monoisotopic (exact) mass is 361 g/mol. The van der Waals surface area contributed by atoms with Crippen molar-refractivity contribution in [2.24, 2.45) is 0 Å². The van der Waals surface area contributed by atoms with Crippen molar-refractivity contribution in [1.29, 1.82) is 0 Å². The van der Waals surface area contributed by atoms with E-state index in [1.54, 1.807) is 6.07 Å². The zero-order chi connectivity index (χ0) is 15.0. The molecule has 0 spiro atoms. The Hall–Kier alpha value is -1.92. The molecule has 0 saturated heterocycles. The zero-order valence-corrected chi connectivity index (χ0v) is 13.6. The van der Waals surface area contributed by atoms with E-state index in [0.29, 0.717) is 10.7 Å². The summed E-state index contributed by atoms with van der Waals surface area (Å²) in [6.45, 7) is 1.95. The molecule has 0 atom stereocenters. The number of nitrogen functional groups attached to an aromatic ring is 1. The number of hydrogen-bond acceptors (Lipinski definition) is 4. The molecule has 3 aromatic rings. The normalized spacial score (nSPS) is 10.8. The number of nitrogens with one attached hydrogen (secondary N) is 1. The molecule has 2 aromatic carbocycles. The van der Waals surface area contributed by atoms with E-state index in [1.165, 1.54) is 11.3 Å². The van der Waals surface area contributed by atoms with Gasteiger partial charge in [0.15, 0.2) is 5.13 Å². The lowest BCUT2D eigenvalue weighted by Crippen LogP contribution is -2.13. The highest BCUT2D eigenvalue weighted by molar-refractivity contribution is 9.10. The van der Waals surface area contributed by atoms with Gasteiger partial charge in [-0.15, -0.1) is 0 Å². The van der Waals surface area contributed by atoms with Crippen LogP contribution in [-0.2, 0) is 0 Å². The number of carbonyl (C=O) groups excluding carboxylic acids is 1. The van der Waals surface area contributed by atoms with Crippen LogP contribution in [0.1, 0.15) is 15.9 Å². The van der Waals surface area contributed by atoms with Crippen molar-refractivity contribution in [2.75, 3.05) is 11.1 Å². The van der Waals surface area contributed by atoms with Crippen LogP contribution in [0.5, 0.6) is 0 Å². The van der Waals surface area contributed by atoms with E-state index < -0.39 is 0 Å². The smallest absolute Gasteiger partial charge is 0.255 e. The van der Waals surface area contributed by atoms with Gasteiger partial charge in [-0.1, -0.05) is 23.5 Å². The van der Waals surface area contributed by atoms with Gasteiger partial charge in [0.25, 0.3) is 5.91 Å². The van der Waals surface area contributed by atoms with Gasteiger partial charge in [-0.25, -0.2) is 4.98 Å². The van der Waals surface area contributed by atoms with Crippen molar-refractivity contribution in [1.82, 2.24) is 4.98 Å². The van der Waals surface area contributed by atoms with E-state index in [2.05, 4.69) is 26.2 Å². The van der Waals surface area contributed by atoms with Crippen LogP contribution in [0, 0.1) is 6.92 Å². The summed E-state index contributed by atoms with van der Waals surface area (Å²) in [6.07, 6.45) is 0. The first-order chi connectivity index (χ1) is 10.0. The number of aromatic nitrogens is 1. The molecule has 1 aromatic heterocycles. The summed E-state index contributed by atoms with van der Waals surface area (Å²) in [5.74, 6) is -0.154. The lowest BCUT2D eigenvalue weighted by molar-refractivity contribution is 0.102. The number of para-hydroxylation sites is 1. The Bertz CT molecular complexity index is 824. The van der Waals surface area contributed by atoms with Crippen molar-refractivity contribution in [2.45, 2.75) is 6.92 Å². The number of aryl methyl sites for hydroxylation is 1. The average Bonchev–Trinajstić information content (AvgIpc) is 2.81. The summed E-state index contributed by atoms with van der Waals surface area (Å²) in [6, 6.07) is 11.2. The van der Waals surface area contributed by atoms with Gasteiger partial charge in [0.2, 0.25) is 0 Å². The molecular weight excluding hydrogens is 350 g/mol. The van der Waals surface area contributed by atoms with E-state index in [4.69, 9.17) is 5.73 Å². The molecular formula is C15H12BrN3OS. The Balaban J connectivity index is 1.93. The zero-order valence-electron chi connectivity index (χ0n) is 11.2. The summed E-state index contributed by atoms with van der Waals surface area (Å²) in [4.78, 5) is 16.6. The summed E-state index contributed by atoms with van der Waals surface area (Å²) in [5.41, 5.74) is 8.86. The first kappa shape index (κ1) is 14.0. The topological polar surface area (TPSA) is 68.0 Å². The van der Waals surface area contributed by atoms with Gasteiger partial charge in [0, 0.05) is 10.0 Å². The van der Waals surface area contributed by atoms with Crippen LogP contribution in [0.3, 0.4) is 0 Å². The highest BCUT2D eigenvalue weighted by atomic mass is 79.9. The summed E-state index contributed by atoms with van der Waals surface area (Å²) in [7, 11) is 0. The standard InChI is InChI=1S/C15H12BrN3OS/c1-8-3-2-4-10(16)13(8)19-14(20)9-5-6-11-12(7-9)21-15(17)18-11/h2-7H,1H3,(H2,17,18)(H,19,20). The first-order valence-electron chi connectivity index (χ1n) is 6.27. The third kappa shape index (κ3) is 2.77. The number of benzene rings is 2. The predicted octanol–water partition coefficient (Wildman–Crippen LogP) is 4.20. The Morgan fingerprint density at radius 2 is 2.14 bits per heavy atom. The number of halogens is 1. The van der Waals surface area contributed by atoms with Crippen LogP contribution in [0.25, 0.3) is 10.2 Å². The molecule has 106 valence electrons. The molecule has 3 rings (SSSR count). The van der Waals surface area contributed by atoms with E-state index in [9.17, 15) is 4.79 Å². The summed E-state index contributed by atoms with van der Waals surface area (Å²) in [5, 5.41) is 3.44. The molecule has 4 nitrogen and oxygen atoms in total. The van der Waals surface area contributed by atoms with Crippen LogP contribution in [-0.4, -0.2) is 10.9 Å². The van der Waals surface area contributed by atoms with Crippen molar-refractivity contribution >= 4 is 54.2 Å². The Kier molecular flexibility index (Phi) is 3.65. The molecule has 21 heavy (non-hydrogen) atoms. The van der Waals surface area contributed by atoms with Crippen LogP contribution in [0.15, 0.2) is 40.9 Å². The van der Waals surface area contributed by atoms with Crippen molar-refractivity contribution in [3.63, 3.8) is 0 Å². The molecule has 1 heterocycles. The number of nitrogens with zero attached hydrogens (tertiary/aromatic N) is 1. The summed E-state index contributed by atoms with van der Waals surface area (Å²) < 4.78 is 1.77. The lowest BCUT2D eigenvalue weighted by Gasteiger charge is -2.10. The lowest BCUT2D eigenvalue weighted by atomic mass is 10.1. The number of carbonyl (C=O) groups is 1. The van der Waals surface area contributed by atoms with E-state index >= 15 is 0 Å². The molecule has 0 bridgehead atoms. The molecule has 0 fully saturated rings. The largest absolute Gasteiger partial charge is 0.375 e. The van der Waals surface area contributed by atoms with E-state index in [0.717, 1.165) is 25.9 Å². The van der Waals surface area contributed by atoms with Gasteiger partial charge in [-0.3, -0.25) is 4.79 Å². The number of fused-ring (bicyclic) bond motifs is 1. The highest BCUT2D eigenvalue weighted by Crippen LogP contribution is 2.28. The number of hydrogen-bond donors (Lipinski definition) is 2. The number of rotatable bonds is 2. The second-order valence-electron chi connectivity index (χ2n) is 4.62. The van der Waals surface area contributed by atoms with Crippen molar-refractivity contribution < 1.29 is 4.79 Å². The Morgan fingerprint density at radius 1 is 1.33 bits per heavy atom. The molecule has 0 aliphatic rings. The van der Waals surface area contributed by atoms with Gasteiger partial charge >= 0.3 is 0 Å². The molecule has 0 aliphatic carbocycles. The number of thiazole rings is 1. The van der Waals surface area contributed by atoms with Gasteiger partial charge in [-0.05, 0) is 52.7 Å². The number of anilines is 2. The minimum Gasteiger partial charge on any atom is -0.375 e. The van der Waals surface area contributed by atoms with Gasteiger partial charge in [-0.2, -0.15) is 0 Å². The van der Waals surface area contributed by atoms with Crippen LogP contribution in [0.2, 0.25) is 0 Å². The SMILES string of the molecule is Cc1cccc(Br)c1NC(=O)c1ccc2nc(N)sc2c1. The molecule has 0 aliphatic heterocycles. The fourth-order valence-corrected chi connectivity index (χ4v) is 3.40. The number of amides is 1. The molecule has 0 saturated carbocycles. The first-order valence-corrected chi connectivity index (χ1v) is 7.88. The second-order valence-corrected chi connectivity index (χ2v) is 6.54. The van der Waals surface area contributed by atoms with Crippen LogP contribution >= 0.6 is 27.3 Å². The quantitative estimate of drug-likeness (QED) is 0.718. The predicted molar refractivity (Wildman–Crippen MR) is 90.9 cm³/mol. The Morgan fingerprint density at radius 3 is 2.90 bits per heavy atom. The van der Waals surface area contributed by atoms with Crippen molar-refractivity contribution in [3.8, 4) is 0 Å². The molecule has 6 heteroatoms. The number of nitrogens with two attached hydrogens (primary N) is 1. The van der Waals surface area contributed by atoms with Gasteiger partial charge in [0.05, 0.1) is 15.9 Å². The minimum atomic E-state index is -0.154.